The maximum absolute atomic E-state index is 10.8. The molecule has 0 unspecified atom stereocenters. The molecule has 0 aliphatic rings. The Bertz CT molecular complexity index is 382. The monoisotopic (exact) mass is 207 g/mol. The Labute approximate surface area is 87.7 Å². The Hall–Kier alpha value is -1.97. The van der Waals surface area contributed by atoms with E-state index in [1.165, 1.54) is 25.3 Å². The van der Waals surface area contributed by atoms with Gasteiger partial charge in [-0.05, 0) is 23.8 Å². The largest absolute Gasteiger partial charge is 0.504 e. The summed E-state index contributed by atoms with van der Waals surface area (Å²) in [6, 6.07) is 4.72. The van der Waals surface area contributed by atoms with Crippen LogP contribution in [-0.2, 0) is 9.53 Å². The van der Waals surface area contributed by atoms with Crippen LogP contribution in [0.15, 0.2) is 24.3 Å². The van der Waals surface area contributed by atoms with E-state index in [9.17, 15) is 9.90 Å². The summed E-state index contributed by atoms with van der Waals surface area (Å²) in [5.74, 6) is -0.142. The van der Waals surface area contributed by atoms with Crippen LogP contribution in [0.1, 0.15) is 5.56 Å². The molecular formula is C11H11O4. The highest BCUT2D eigenvalue weighted by Gasteiger charge is 2.00. The second-order valence-electron chi connectivity index (χ2n) is 2.73. The topological polar surface area (TPSA) is 55.8 Å². The second kappa shape index (κ2) is 5.05. The number of methoxy groups -OCH3 is 1. The van der Waals surface area contributed by atoms with E-state index in [0.717, 1.165) is 5.56 Å². The van der Waals surface area contributed by atoms with Crippen molar-refractivity contribution < 1.29 is 19.4 Å². The fourth-order valence-electron chi connectivity index (χ4n) is 1.01. The first kappa shape index (κ1) is 11.1. The Balaban J connectivity index is 2.87. The van der Waals surface area contributed by atoms with Crippen LogP contribution < -0.4 is 4.74 Å². The molecule has 0 amide bonds. The maximum Gasteiger partial charge on any atom is 0.330 e. The van der Waals surface area contributed by atoms with E-state index in [1.54, 1.807) is 12.1 Å². The van der Waals surface area contributed by atoms with Gasteiger partial charge >= 0.3 is 5.97 Å². The lowest BCUT2D eigenvalue weighted by Gasteiger charge is -2.03. The summed E-state index contributed by atoms with van der Waals surface area (Å²) in [7, 11) is 4.43. The zero-order chi connectivity index (χ0) is 11.3. The molecule has 0 bridgehead atoms. The number of hydrogen-bond donors (Lipinski definition) is 1. The first-order chi connectivity index (χ1) is 7.17. The third-order valence-electron chi connectivity index (χ3n) is 1.76. The average Bonchev–Trinajstić information content (AvgIpc) is 2.27. The number of phenolic OH excluding ortho intramolecular Hbond substituents is 1. The molecule has 0 aliphatic heterocycles. The van der Waals surface area contributed by atoms with Crippen LogP contribution in [0.2, 0.25) is 0 Å². The predicted molar refractivity (Wildman–Crippen MR) is 55.1 cm³/mol. The molecule has 1 radical (unpaired) electrons. The van der Waals surface area contributed by atoms with E-state index in [-0.39, 0.29) is 5.75 Å². The van der Waals surface area contributed by atoms with Gasteiger partial charge in [-0.1, -0.05) is 6.07 Å². The van der Waals surface area contributed by atoms with Gasteiger partial charge in [0.25, 0.3) is 0 Å². The molecule has 4 heteroatoms. The van der Waals surface area contributed by atoms with Crippen molar-refractivity contribution in [1.82, 2.24) is 0 Å². The number of carbonyl (C=O) groups is 1. The molecule has 1 rings (SSSR count). The lowest BCUT2D eigenvalue weighted by atomic mass is 10.2. The van der Waals surface area contributed by atoms with E-state index in [2.05, 4.69) is 11.8 Å². The summed E-state index contributed by atoms with van der Waals surface area (Å²) in [4.78, 5) is 10.8. The molecule has 0 aliphatic carbocycles. The molecule has 0 spiro atoms. The third kappa shape index (κ3) is 3.02. The molecular weight excluding hydrogens is 196 g/mol. The van der Waals surface area contributed by atoms with Crippen LogP contribution >= 0.6 is 0 Å². The smallest absolute Gasteiger partial charge is 0.330 e. The highest BCUT2D eigenvalue weighted by Crippen LogP contribution is 2.26. The van der Waals surface area contributed by atoms with Gasteiger partial charge in [0.15, 0.2) is 11.5 Å². The summed E-state index contributed by atoms with van der Waals surface area (Å²) in [6.07, 6.45) is 2.77. The standard InChI is InChI=1S/C11H11O4/c1-14-10-7-8(3-5-9(10)12)4-6-11(13)15-2/h3-7,12H,2H2,1H3/b6-4+. The van der Waals surface area contributed by atoms with Crippen LogP contribution in [0, 0.1) is 7.11 Å². The zero-order valence-electron chi connectivity index (χ0n) is 8.27. The number of esters is 1. The molecule has 1 aromatic carbocycles. The highest BCUT2D eigenvalue weighted by molar-refractivity contribution is 5.87. The molecule has 0 heterocycles. The van der Waals surface area contributed by atoms with Gasteiger partial charge in [0.1, 0.15) is 7.11 Å². The van der Waals surface area contributed by atoms with Gasteiger partial charge in [-0.25, -0.2) is 4.79 Å². The Morgan fingerprint density at radius 2 is 2.27 bits per heavy atom. The van der Waals surface area contributed by atoms with Crippen molar-refractivity contribution in [2.24, 2.45) is 0 Å². The number of ether oxygens (including phenoxy) is 2. The first-order valence-electron chi connectivity index (χ1n) is 4.18. The number of hydrogen-bond acceptors (Lipinski definition) is 4. The van der Waals surface area contributed by atoms with Crippen molar-refractivity contribution >= 4 is 12.0 Å². The van der Waals surface area contributed by atoms with E-state index in [0.29, 0.717) is 5.75 Å². The van der Waals surface area contributed by atoms with Crippen LogP contribution in [0.5, 0.6) is 11.5 Å². The lowest BCUT2D eigenvalue weighted by molar-refractivity contribution is -0.132. The summed E-state index contributed by atoms with van der Waals surface area (Å²) in [6.45, 7) is 0. The van der Waals surface area contributed by atoms with Crippen LogP contribution in [0.4, 0.5) is 0 Å². The maximum atomic E-state index is 10.8. The van der Waals surface area contributed by atoms with E-state index in [1.807, 2.05) is 0 Å². The van der Waals surface area contributed by atoms with Crippen molar-refractivity contribution in [2.75, 3.05) is 7.11 Å². The van der Waals surface area contributed by atoms with Gasteiger partial charge < -0.3 is 14.6 Å². The second-order valence-corrected chi connectivity index (χ2v) is 2.73. The summed E-state index contributed by atoms with van der Waals surface area (Å²) in [5, 5.41) is 9.31. The Morgan fingerprint density at radius 1 is 1.53 bits per heavy atom. The predicted octanol–water partition coefficient (Wildman–Crippen LogP) is 1.75. The summed E-state index contributed by atoms with van der Waals surface area (Å²) in [5.41, 5.74) is 0.718. The van der Waals surface area contributed by atoms with E-state index >= 15 is 0 Å². The lowest BCUT2D eigenvalue weighted by Crippen LogP contribution is -1.91. The number of rotatable bonds is 3. The molecule has 79 valence electrons. The van der Waals surface area contributed by atoms with E-state index < -0.39 is 5.97 Å². The fourth-order valence-corrected chi connectivity index (χ4v) is 1.01. The van der Waals surface area contributed by atoms with Gasteiger partial charge in [-0.2, -0.15) is 0 Å². The molecule has 0 atom stereocenters. The highest BCUT2D eigenvalue weighted by atomic mass is 16.5. The molecule has 0 fully saturated rings. The molecule has 4 nitrogen and oxygen atoms in total. The quantitative estimate of drug-likeness (QED) is 0.606. The SMILES string of the molecule is [CH2]OC(=O)/C=C/c1ccc(O)c(OC)c1. The van der Waals surface area contributed by atoms with Crippen molar-refractivity contribution in [3.8, 4) is 11.5 Å². The number of benzene rings is 1. The summed E-state index contributed by atoms with van der Waals surface area (Å²) >= 11 is 0. The molecule has 0 saturated carbocycles. The van der Waals surface area contributed by atoms with Crippen molar-refractivity contribution in [3.63, 3.8) is 0 Å². The average molecular weight is 207 g/mol. The van der Waals surface area contributed by atoms with Crippen LogP contribution in [0.25, 0.3) is 6.08 Å². The third-order valence-corrected chi connectivity index (χ3v) is 1.76. The normalized spacial score (nSPS) is 10.3. The fraction of sp³-hybridized carbons (Fsp3) is 0.0909. The minimum absolute atomic E-state index is 0.0504. The van der Waals surface area contributed by atoms with Crippen molar-refractivity contribution in [2.45, 2.75) is 0 Å². The van der Waals surface area contributed by atoms with Gasteiger partial charge in [0.05, 0.1) is 7.11 Å². The molecule has 1 N–H and O–H groups in total. The van der Waals surface area contributed by atoms with Gasteiger partial charge in [-0.15, -0.1) is 0 Å². The molecule has 1 aromatic rings. The van der Waals surface area contributed by atoms with Crippen molar-refractivity contribution in [1.29, 1.82) is 0 Å². The summed E-state index contributed by atoms with van der Waals surface area (Å²) < 4.78 is 9.10. The number of phenols is 1. The minimum atomic E-state index is -0.540. The Kier molecular flexibility index (Phi) is 3.74. The van der Waals surface area contributed by atoms with Crippen LogP contribution in [0.3, 0.4) is 0 Å². The minimum Gasteiger partial charge on any atom is -0.504 e. The number of carbonyl (C=O) groups excluding carboxylic acids is 1. The van der Waals surface area contributed by atoms with E-state index in [4.69, 9.17) is 4.74 Å². The first-order valence-corrected chi connectivity index (χ1v) is 4.18. The Morgan fingerprint density at radius 3 is 2.87 bits per heavy atom. The van der Waals surface area contributed by atoms with Crippen molar-refractivity contribution in [3.05, 3.63) is 36.9 Å². The number of aromatic hydroxyl groups is 1. The molecule has 15 heavy (non-hydrogen) atoms. The van der Waals surface area contributed by atoms with Gasteiger partial charge in [0, 0.05) is 6.08 Å². The van der Waals surface area contributed by atoms with Gasteiger partial charge in [0.2, 0.25) is 0 Å². The van der Waals surface area contributed by atoms with Gasteiger partial charge in [-0.3, -0.25) is 0 Å². The van der Waals surface area contributed by atoms with Crippen LogP contribution in [-0.4, -0.2) is 18.2 Å². The molecule has 0 aromatic heterocycles. The zero-order valence-corrected chi connectivity index (χ0v) is 8.27. The molecule has 0 saturated heterocycles.